The van der Waals surface area contributed by atoms with Crippen molar-refractivity contribution >= 4 is 11.7 Å². The van der Waals surface area contributed by atoms with Gasteiger partial charge in [-0.25, -0.2) is 4.79 Å². The molecule has 2 N–H and O–H groups in total. The lowest BCUT2D eigenvalue weighted by Crippen LogP contribution is -2.52. The molecule has 0 radical (unpaired) electrons. The second-order valence-corrected chi connectivity index (χ2v) is 7.65. The molecule has 4 rings (SSSR count). The van der Waals surface area contributed by atoms with E-state index >= 15 is 0 Å². The number of hydrogen-bond acceptors (Lipinski definition) is 3. The van der Waals surface area contributed by atoms with Crippen molar-refractivity contribution in [2.45, 2.75) is 13.0 Å². The zero-order chi connectivity index (χ0) is 20.9. The van der Waals surface area contributed by atoms with E-state index in [-0.39, 0.29) is 17.8 Å². The van der Waals surface area contributed by atoms with Crippen molar-refractivity contribution in [3.63, 3.8) is 0 Å². The Hall–Kier alpha value is -3.47. The lowest BCUT2D eigenvalue weighted by molar-refractivity contribution is 0.191. The average Bonchev–Trinajstić information content (AvgIpc) is 2.80. The summed E-state index contributed by atoms with van der Waals surface area (Å²) in [7, 11) is 0. The number of urea groups is 1. The van der Waals surface area contributed by atoms with E-state index in [0.717, 1.165) is 24.3 Å². The number of carbonyl (C=O) groups excluding carboxylic acids is 1. The van der Waals surface area contributed by atoms with Crippen LogP contribution < -0.4 is 10.2 Å². The maximum atomic E-state index is 12.7. The van der Waals surface area contributed by atoms with Gasteiger partial charge in [-0.1, -0.05) is 60.7 Å². The zero-order valence-electron chi connectivity index (χ0n) is 17.2. The first kappa shape index (κ1) is 19.8. The molecule has 1 aliphatic rings. The predicted molar refractivity (Wildman–Crippen MR) is 121 cm³/mol. The number of carbonyl (C=O) groups is 1. The van der Waals surface area contributed by atoms with E-state index in [4.69, 9.17) is 0 Å². The summed E-state index contributed by atoms with van der Waals surface area (Å²) in [6.07, 6.45) is 0. The Morgan fingerprint density at radius 3 is 2.20 bits per heavy atom. The third-order valence-corrected chi connectivity index (χ3v) is 5.62. The van der Waals surface area contributed by atoms with Gasteiger partial charge in [0.25, 0.3) is 0 Å². The topological polar surface area (TPSA) is 55.8 Å². The van der Waals surface area contributed by atoms with Gasteiger partial charge in [-0.05, 0) is 35.7 Å². The highest BCUT2D eigenvalue weighted by molar-refractivity contribution is 5.75. The van der Waals surface area contributed by atoms with Gasteiger partial charge in [-0.3, -0.25) is 0 Å². The van der Waals surface area contributed by atoms with E-state index < -0.39 is 0 Å². The van der Waals surface area contributed by atoms with Crippen molar-refractivity contribution in [1.29, 1.82) is 0 Å². The van der Waals surface area contributed by atoms with E-state index in [1.807, 2.05) is 42.2 Å². The van der Waals surface area contributed by atoms with Crippen molar-refractivity contribution in [3.05, 3.63) is 84.4 Å². The Labute approximate surface area is 177 Å². The largest absolute Gasteiger partial charge is 0.508 e. The summed E-state index contributed by atoms with van der Waals surface area (Å²) in [6.45, 7) is 4.81. The van der Waals surface area contributed by atoms with E-state index in [1.165, 1.54) is 11.1 Å². The first-order valence-electron chi connectivity index (χ1n) is 10.3. The van der Waals surface area contributed by atoms with Gasteiger partial charge in [0, 0.05) is 37.9 Å². The zero-order valence-corrected chi connectivity index (χ0v) is 17.2. The highest BCUT2D eigenvalue weighted by Crippen LogP contribution is 2.23. The molecule has 1 fully saturated rings. The molecule has 5 heteroatoms. The quantitative estimate of drug-likeness (QED) is 0.669. The molecule has 0 spiro atoms. The fourth-order valence-corrected chi connectivity index (χ4v) is 3.81. The summed E-state index contributed by atoms with van der Waals surface area (Å²) in [5.74, 6) is 0.264. The molecule has 5 nitrogen and oxygen atoms in total. The number of phenols is 1. The second-order valence-electron chi connectivity index (χ2n) is 7.65. The molecule has 1 atom stereocenters. The van der Waals surface area contributed by atoms with Crippen LogP contribution in [0.15, 0.2) is 78.9 Å². The second kappa shape index (κ2) is 8.91. The van der Waals surface area contributed by atoms with Crippen LogP contribution in [0.3, 0.4) is 0 Å². The molecule has 1 aliphatic heterocycles. The minimum atomic E-state index is -0.0635. The van der Waals surface area contributed by atoms with Gasteiger partial charge in [-0.2, -0.15) is 0 Å². The maximum absolute atomic E-state index is 12.7. The highest BCUT2D eigenvalue weighted by atomic mass is 16.3. The number of nitrogens with zero attached hydrogens (tertiary/aromatic N) is 2. The number of amides is 2. The number of hydrogen-bond donors (Lipinski definition) is 2. The first-order valence-corrected chi connectivity index (χ1v) is 10.3. The van der Waals surface area contributed by atoms with E-state index in [0.29, 0.717) is 13.1 Å². The number of benzene rings is 3. The molecular formula is C25H27N3O2. The summed E-state index contributed by atoms with van der Waals surface area (Å²) in [5.41, 5.74) is 4.43. The number of phenolic OH excluding ortho intramolecular Hbond substituents is 1. The molecule has 0 saturated carbocycles. The summed E-state index contributed by atoms with van der Waals surface area (Å²) >= 11 is 0. The van der Waals surface area contributed by atoms with Crippen LogP contribution >= 0.6 is 0 Å². The Balaban J connectivity index is 1.32. The Kier molecular flexibility index (Phi) is 5.89. The average molecular weight is 402 g/mol. The van der Waals surface area contributed by atoms with Crippen molar-refractivity contribution in [3.8, 4) is 16.9 Å². The molecule has 1 heterocycles. The van der Waals surface area contributed by atoms with Gasteiger partial charge >= 0.3 is 6.03 Å². The van der Waals surface area contributed by atoms with Crippen LogP contribution in [0.5, 0.6) is 5.75 Å². The number of rotatable bonds is 4. The fourth-order valence-electron chi connectivity index (χ4n) is 3.81. The van der Waals surface area contributed by atoms with Gasteiger partial charge in [-0.15, -0.1) is 0 Å². The van der Waals surface area contributed by atoms with Crippen LogP contribution in [0.25, 0.3) is 11.1 Å². The van der Waals surface area contributed by atoms with Gasteiger partial charge < -0.3 is 20.2 Å². The van der Waals surface area contributed by atoms with Crippen LogP contribution in [-0.2, 0) is 0 Å². The number of anilines is 1. The SMILES string of the molecule is CC(NC(=O)N1CCN(c2cccc(O)c2)CC1)c1ccc(-c2ccccc2)cc1. The smallest absolute Gasteiger partial charge is 0.317 e. The standard InChI is InChI=1S/C25H27N3O2/c1-19(20-10-12-22(13-11-20)21-6-3-2-4-7-21)26-25(30)28-16-14-27(15-17-28)23-8-5-9-24(29)18-23/h2-13,18-19,29H,14-17H2,1H3,(H,26,30). The molecule has 0 aliphatic carbocycles. The molecule has 30 heavy (non-hydrogen) atoms. The molecule has 1 unspecified atom stereocenters. The summed E-state index contributed by atoms with van der Waals surface area (Å²) in [6, 6.07) is 25.8. The lowest BCUT2D eigenvalue weighted by Gasteiger charge is -2.36. The number of aromatic hydroxyl groups is 1. The normalized spacial score (nSPS) is 15.0. The van der Waals surface area contributed by atoms with Gasteiger partial charge in [0.2, 0.25) is 0 Å². The van der Waals surface area contributed by atoms with Gasteiger partial charge in [0.15, 0.2) is 0 Å². The van der Waals surface area contributed by atoms with Crippen LogP contribution in [0.2, 0.25) is 0 Å². The third-order valence-electron chi connectivity index (χ3n) is 5.62. The minimum Gasteiger partial charge on any atom is -0.508 e. The monoisotopic (exact) mass is 401 g/mol. The summed E-state index contributed by atoms with van der Waals surface area (Å²) < 4.78 is 0. The molecule has 3 aromatic rings. The Morgan fingerprint density at radius 2 is 1.53 bits per heavy atom. The Bertz CT molecular complexity index is 981. The summed E-state index contributed by atoms with van der Waals surface area (Å²) in [5, 5.41) is 12.8. The van der Waals surface area contributed by atoms with E-state index in [1.54, 1.807) is 12.1 Å². The van der Waals surface area contributed by atoms with Gasteiger partial charge in [0.1, 0.15) is 5.75 Å². The fraction of sp³-hybridized carbons (Fsp3) is 0.240. The number of nitrogens with one attached hydrogen (secondary N) is 1. The molecule has 0 bridgehead atoms. The maximum Gasteiger partial charge on any atom is 0.317 e. The van der Waals surface area contributed by atoms with Crippen LogP contribution in [0, 0.1) is 0 Å². The molecule has 3 aromatic carbocycles. The van der Waals surface area contributed by atoms with Crippen molar-refractivity contribution in [2.75, 3.05) is 31.1 Å². The highest BCUT2D eigenvalue weighted by Gasteiger charge is 2.22. The summed E-state index contributed by atoms with van der Waals surface area (Å²) in [4.78, 5) is 16.8. The van der Waals surface area contributed by atoms with Crippen LogP contribution in [0.4, 0.5) is 10.5 Å². The minimum absolute atomic E-state index is 0.0369. The lowest BCUT2D eigenvalue weighted by atomic mass is 10.0. The van der Waals surface area contributed by atoms with Crippen molar-refractivity contribution < 1.29 is 9.90 Å². The van der Waals surface area contributed by atoms with Crippen molar-refractivity contribution in [1.82, 2.24) is 10.2 Å². The molecule has 154 valence electrons. The van der Waals surface area contributed by atoms with Crippen LogP contribution in [-0.4, -0.2) is 42.2 Å². The molecular weight excluding hydrogens is 374 g/mol. The molecule has 1 saturated heterocycles. The Morgan fingerprint density at radius 1 is 0.867 bits per heavy atom. The van der Waals surface area contributed by atoms with Crippen LogP contribution in [0.1, 0.15) is 18.5 Å². The molecule has 2 amide bonds. The molecule has 0 aromatic heterocycles. The van der Waals surface area contributed by atoms with Crippen molar-refractivity contribution in [2.24, 2.45) is 0 Å². The van der Waals surface area contributed by atoms with E-state index in [2.05, 4.69) is 46.6 Å². The third kappa shape index (κ3) is 4.57. The van der Waals surface area contributed by atoms with Gasteiger partial charge in [0.05, 0.1) is 6.04 Å². The van der Waals surface area contributed by atoms with E-state index in [9.17, 15) is 9.90 Å². The number of piperazine rings is 1. The predicted octanol–water partition coefficient (Wildman–Crippen LogP) is 4.65. The first-order chi connectivity index (χ1) is 14.6.